The summed E-state index contributed by atoms with van der Waals surface area (Å²) in [6.45, 7) is 4.24. The molecule has 1 aromatic carbocycles. The Labute approximate surface area is 150 Å². The summed E-state index contributed by atoms with van der Waals surface area (Å²) in [7, 11) is 3.41. The van der Waals surface area contributed by atoms with Crippen LogP contribution in [0, 0.1) is 5.82 Å². The van der Waals surface area contributed by atoms with Crippen LogP contribution < -0.4 is 9.64 Å². The molecule has 26 heavy (non-hydrogen) atoms. The number of aromatic carboxylic acids is 1. The van der Waals surface area contributed by atoms with E-state index in [9.17, 15) is 14.3 Å². The fourth-order valence-electron chi connectivity index (χ4n) is 3.27. The first kappa shape index (κ1) is 18.2. The first-order valence-corrected chi connectivity index (χ1v) is 8.48. The van der Waals surface area contributed by atoms with Crippen LogP contribution in [0.25, 0.3) is 11.3 Å². The van der Waals surface area contributed by atoms with Crippen molar-refractivity contribution in [1.82, 2.24) is 10.1 Å². The Balaban J connectivity index is 2.01. The number of carboxylic acid groups (broad SMARTS) is 1. The highest BCUT2D eigenvalue weighted by Crippen LogP contribution is 2.34. The van der Waals surface area contributed by atoms with Gasteiger partial charge in [0.2, 0.25) is 0 Å². The molecule has 1 N–H and O–H groups in total. The van der Waals surface area contributed by atoms with Crippen LogP contribution in [0.5, 0.6) is 5.75 Å². The zero-order valence-electron chi connectivity index (χ0n) is 15.0. The van der Waals surface area contributed by atoms with Crippen molar-refractivity contribution in [3.63, 3.8) is 0 Å². The molecule has 1 aliphatic rings. The van der Waals surface area contributed by atoms with Crippen molar-refractivity contribution in [3.05, 3.63) is 29.6 Å². The molecular formula is C18H22FN3O4. The normalized spacial score (nSPS) is 18.2. The molecule has 0 bridgehead atoms. The van der Waals surface area contributed by atoms with Crippen LogP contribution in [0.15, 0.2) is 22.7 Å². The van der Waals surface area contributed by atoms with Gasteiger partial charge in [-0.15, -0.1) is 0 Å². The topological polar surface area (TPSA) is 79.0 Å². The molecule has 1 aromatic heterocycles. The lowest BCUT2D eigenvalue weighted by Crippen LogP contribution is -2.51. The maximum absolute atomic E-state index is 13.7. The van der Waals surface area contributed by atoms with Crippen LogP contribution in [0.4, 0.5) is 10.2 Å². The van der Waals surface area contributed by atoms with E-state index < -0.39 is 11.8 Å². The number of carboxylic acids is 1. The van der Waals surface area contributed by atoms with Gasteiger partial charge < -0.3 is 19.3 Å². The molecule has 2 heterocycles. The molecule has 0 amide bonds. The molecule has 140 valence electrons. The third kappa shape index (κ3) is 3.24. The Morgan fingerprint density at radius 2 is 2.23 bits per heavy atom. The number of aromatic nitrogens is 1. The summed E-state index contributed by atoms with van der Waals surface area (Å²) in [4.78, 5) is 16.1. The van der Waals surface area contributed by atoms with Gasteiger partial charge in [0.15, 0.2) is 28.7 Å². The molecule has 1 saturated heterocycles. The molecular weight excluding hydrogens is 341 g/mol. The number of piperazine rings is 1. The minimum atomic E-state index is -1.13. The smallest absolute Gasteiger partial charge is 0.343 e. The first-order valence-electron chi connectivity index (χ1n) is 8.48. The van der Waals surface area contributed by atoms with Crippen molar-refractivity contribution >= 4 is 11.8 Å². The van der Waals surface area contributed by atoms with E-state index in [1.165, 1.54) is 25.3 Å². The van der Waals surface area contributed by atoms with E-state index in [1.807, 2.05) is 4.90 Å². The number of likely N-dealkylation sites (N-methyl/N-ethyl adjacent to an activating group) is 1. The standard InChI is InChI=1S/C18H22FN3O4/c1-4-12-10-22(8-7-21(12)2)17-15(18(23)24)16(26-20-17)11-5-6-13(19)14(9-11)25-3/h5-6,9,12H,4,7-8,10H2,1-3H3,(H,23,24). The maximum atomic E-state index is 13.7. The largest absolute Gasteiger partial charge is 0.494 e. The summed E-state index contributed by atoms with van der Waals surface area (Å²) in [5, 5.41) is 13.8. The number of carbonyl (C=O) groups is 1. The predicted octanol–water partition coefficient (Wildman–Crippen LogP) is 2.72. The second-order valence-corrected chi connectivity index (χ2v) is 6.35. The van der Waals surface area contributed by atoms with Gasteiger partial charge in [-0.25, -0.2) is 9.18 Å². The first-order chi connectivity index (χ1) is 12.5. The summed E-state index contributed by atoms with van der Waals surface area (Å²) in [5.41, 5.74) is 0.388. The highest BCUT2D eigenvalue weighted by atomic mass is 19.1. The van der Waals surface area contributed by atoms with Gasteiger partial charge in [0, 0.05) is 31.2 Å². The Kier molecular flexibility index (Phi) is 5.13. The number of halogens is 1. The molecule has 0 radical (unpaired) electrons. The van der Waals surface area contributed by atoms with E-state index in [0.717, 1.165) is 13.0 Å². The second kappa shape index (κ2) is 7.33. The number of hydrogen-bond donors (Lipinski definition) is 1. The van der Waals surface area contributed by atoms with Crippen molar-refractivity contribution in [2.45, 2.75) is 19.4 Å². The fourth-order valence-corrected chi connectivity index (χ4v) is 3.27. The van der Waals surface area contributed by atoms with E-state index in [1.54, 1.807) is 0 Å². The zero-order valence-corrected chi connectivity index (χ0v) is 15.0. The highest BCUT2D eigenvalue weighted by Gasteiger charge is 2.31. The molecule has 1 unspecified atom stereocenters. The van der Waals surface area contributed by atoms with Gasteiger partial charge in [0.05, 0.1) is 7.11 Å². The van der Waals surface area contributed by atoms with Gasteiger partial charge in [-0.1, -0.05) is 12.1 Å². The summed E-state index contributed by atoms with van der Waals surface area (Å²) in [6, 6.07) is 4.39. The van der Waals surface area contributed by atoms with Gasteiger partial charge in [-0.3, -0.25) is 4.90 Å². The quantitative estimate of drug-likeness (QED) is 0.875. The minimum absolute atomic E-state index is 0.0157. The molecule has 2 aromatic rings. The van der Waals surface area contributed by atoms with E-state index in [0.29, 0.717) is 30.5 Å². The molecule has 0 spiro atoms. The van der Waals surface area contributed by atoms with E-state index in [2.05, 4.69) is 24.0 Å². The monoisotopic (exact) mass is 363 g/mol. The van der Waals surface area contributed by atoms with Crippen LogP contribution in [-0.4, -0.2) is 61.0 Å². The number of nitrogens with zero attached hydrogens (tertiary/aromatic N) is 3. The number of hydrogen-bond acceptors (Lipinski definition) is 6. The van der Waals surface area contributed by atoms with E-state index >= 15 is 0 Å². The van der Waals surface area contributed by atoms with Crippen LogP contribution >= 0.6 is 0 Å². The van der Waals surface area contributed by atoms with Gasteiger partial charge in [-0.2, -0.15) is 0 Å². The summed E-state index contributed by atoms with van der Waals surface area (Å²) in [5.74, 6) is -1.24. The van der Waals surface area contributed by atoms with Gasteiger partial charge in [-0.05, 0) is 31.7 Å². The Hall–Kier alpha value is -2.61. The number of benzene rings is 1. The zero-order chi connectivity index (χ0) is 18.8. The Bertz CT molecular complexity index is 808. The summed E-state index contributed by atoms with van der Waals surface area (Å²) in [6.07, 6.45) is 0.954. The lowest BCUT2D eigenvalue weighted by Gasteiger charge is -2.39. The molecule has 1 aliphatic heterocycles. The number of ether oxygens (including phenoxy) is 1. The molecule has 1 atom stereocenters. The van der Waals surface area contributed by atoms with E-state index in [-0.39, 0.29) is 17.1 Å². The van der Waals surface area contributed by atoms with Crippen molar-refractivity contribution < 1.29 is 23.6 Å². The van der Waals surface area contributed by atoms with E-state index in [4.69, 9.17) is 9.26 Å². The maximum Gasteiger partial charge on any atom is 0.343 e. The molecule has 7 nitrogen and oxygen atoms in total. The SMILES string of the molecule is CCC1CN(c2noc(-c3ccc(F)c(OC)c3)c2C(=O)O)CCN1C. The lowest BCUT2D eigenvalue weighted by molar-refractivity contribution is 0.0697. The second-order valence-electron chi connectivity index (χ2n) is 6.35. The average molecular weight is 363 g/mol. The predicted molar refractivity (Wildman–Crippen MR) is 94.3 cm³/mol. The third-order valence-electron chi connectivity index (χ3n) is 4.85. The van der Waals surface area contributed by atoms with Gasteiger partial charge in [0.1, 0.15) is 0 Å². The van der Waals surface area contributed by atoms with Gasteiger partial charge >= 0.3 is 5.97 Å². The molecule has 0 aliphatic carbocycles. The summed E-state index contributed by atoms with van der Waals surface area (Å²) >= 11 is 0. The average Bonchev–Trinajstić information content (AvgIpc) is 3.08. The third-order valence-corrected chi connectivity index (χ3v) is 4.85. The van der Waals surface area contributed by atoms with Crippen molar-refractivity contribution in [1.29, 1.82) is 0 Å². The van der Waals surface area contributed by atoms with Crippen LogP contribution in [-0.2, 0) is 0 Å². The van der Waals surface area contributed by atoms with Crippen LogP contribution in [0.2, 0.25) is 0 Å². The van der Waals surface area contributed by atoms with Crippen molar-refractivity contribution in [2.75, 3.05) is 38.7 Å². The minimum Gasteiger partial charge on any atom is -0.494 e. The molecule has 3 rings (SSSR count). The Morgan fingerprint density at radius 3 is 2.88 bits per heavy atom. The van der Waals surface area contributed by atoms with Crippen molar-refractivity contribution in [3.8, 4) is 17.1 Å². The van der Waals surface area contributed by atoms with Gasteiger partial charge in [0.25, 0.3) is 0 Å². The highest BCUT2D eigenvalue weighted by molar-refractivity contribution is 5.99. The molecule has 8 heteroatoms. The number of methoxy groups -OCH3 is 1. The Morgan fingerprint density at radius 1 is 1.46 bits per heavy atom. The molecule has 0 saturated carbocycles. The lowest BCUT2D eigenvalue weighted by atomic mass is 10.1. The number of anilines is 1. The fraction of sp³-hybridized carbons (Fsp3) is 0.444. The summed E-state index contributed by atoms with van der Waals surface area (Å²) < 4.78 is 24.0. The van der Waals surface area contributed by atoms with Crippen LogP contribution in [0.1, 0.15) is 23.7 Å². The number of rotatable bonds is 5. The molecule has 1 fully saturated rings. The van der Waals surface area contributed by atoms with Crippen LogP contribution in [0.3, 0.4) is 0 Å². The van der Waals surface area contributed by atoms with Crippen molar-refractivity contribution in [2.24, 2.45) is 0 Å².